The molecule has 0 fully saturated rings. The first kappa shape index (κ1) is 28.6. The third kappa shape index (κ3) is 6.07. The number of halogens is 1. The number of thioether (sulfide) groups is 1. The normalized spacial score (nSPS) is 15.4. The quantitative estimate of drug-likeness (QED) is 0.291. The first-order chi connectivity index (χ1) is 19.5. The lowest BCUT2D eigenvalue weighted by molar-refractivity contribution is -0.123. The number of nitrogens with one attached hydrogen (secondary N) is 1. The number of nitrogens with zero attached hydrogens (tertiary/aromatic N) is 3. The summed E-state index contributed by atoms with van der Waals surface area (Å²) in [4.78, 5) is 28.7. The summed E-state index contributed by atoms with van der Waals surface area (Å²) in [6.45, 7) is 10.6. The van der Waals surface area contributed by atoms with E-state index in [1.807, 2.05) is 48.0 Å². The topological polar surface area (TPSA) is 67.2 Å². The maximum absolute atomic E-state index is 13.8. The maximum atomic E-state index is 13.8. The largest absolute Gasteiger partial charge is 0.350 e. The number of hydrogen-bond acceptors (Lipinski definition) is 4. The second-order valence-electron chi connectivity index (χ2n) is 11.5. The van der Waals surface area contributed by atoms with E-state index < -0.39 is 0 Å². The van der Waals surface area contributed by atoms with E-state index in [2.05, 4.69) is 45.1 Å². The molecule has 0 unspecified atom stereocenters. The van der Waals surface area contributed by atoms with Crippen LogP contribution in [0.15, 0.2) is 72.8 Å². The Labute approximate surface area is 245 Å². The van der Waals surface area contributed by atoms with Crippen molar-refractivity contribution in [1.82, 2.24) is 15.1 Å². The smallest absolute Gasteiger partial charge is 0.240 e. The Morgan fingerprint density at radius 1 is 1.05 bits per heavy atom. The van der Waals surface area contributed by atoms with E-state index in [0.29, 0.717) is 5.82 Å². The van der Waals surface area contributed by atoms with Crippen molar-refractivity contribution >= 4 is 29.4 Å². The Kier molecular flexibility index (Phi) is 8.04. The molecular formula is C33H35FN4O2S. The number of rotatable bonds is 6. The predicted octanol–water partition coefficient (Wildman–Crippen LogP) is 6.41. The van der Waals surface area contributed by atoms with Crippen molar-refractivity contribution in [2.24, 2.45) is 0 Å². The fourth-order valence-electron chi connectivity index (χ4n) is 5.14. The van der Waals surface area contributed by atoms with Crippen LogP contribution in [0.3, 0.4) is 0 Å². The molecule has 212 valence electrons. The molecule has 0 radical (unpaired) electrons. The molecule has 1 N–H and O–H groups in total. The van der Waals surface area contributed by atoms with Gasteiger partial charge in [-0.3, -0.25) is 14.5 Å². The molecule has 1 aromatic heterocycles. The Morgan fingerprint density at radius 2 is 1.78 bits per heavy atom. The van der Waals surface area contributed by atoms with Crippen LogP contribution in [0.4, 0.5) is 10.2 Å². The molecule has 0 saturated heterocycles. The molecule has 0 aliphatic carbocycles. The molecular weight excluding hydrogens is 535 g/mol. The summed E-state index contributed by atoms with van der Waals surface area (Å²) >= 11 is 1.57. The van der Waals surface area contributed by atoms with Gasteiger partial charge in [0.25, 0.3) is 0 Å². The van der Waals surface area contributed by atoms with E-state index in [4.69, 9.17) is 5.10 Å². The number of aryl methyl sites for hydroxylation is 2. The van der Waals surface area contributed by atoms with Gasteiger partial charge in [0.15, 0.2) is 0 Å². The fraction of sp³-hybridized carbons (Fsp3) is 0.303. The molecule has 4 aromatic rings. The van der Waals surface area contributed by atoms with E-state index in [1.54, 1.807) is 28.8 Å². The van der Waals surface area contributed by atoms with Gasteiger partial charge in [-0.2, -0.15) is 5.10 Å². The van der Waals surface area contributed by atoms with Gasteiger partial charge in [0.1, 0.15) is 18.2 Å². The molecule has 0 bridgehead atoms. The SMILES string of the molecule is Cc1cccc(-n2nc(C(C)(C)C)c3c2N(CC(=O)NCc2ccc(F)cc2)C(=O)CS[C@@H]3c2ccccc2C)c1. The van der Waals surface area contributed by atoms with E-state index >= 15 is 0 Å². The highest BCUT2D eigenvalue weighted by atomic mass is 32.2. The number of aromatic nitrogens is 2. The monoisotopic (exact) mass is 570 g/mol. The second-order valence-corrected chi connectivity index (χ2v) is 12.6. The Bertz CT molecular complexity index is 1590. The predicted molar refractivity (Wildman–Crippen MR) is 163 cm³/mol. The average Bonchev–Trinajstić information content (AvgIpc) is 3.27. The van der Waals surface area contributed by atoms with E-state index in [9.17, 15) is 14.0 Å². The summed E-state index contributed by atoms with van der Waals surface area (Å²) in [5.74, 6) is 0.0557. The number of carbonyl (C=O) groups is 2. The van der Waals surface area contributed by atoms with Crippen LogP contribution in [-0.2, 0) is 21.5 Å². The third-order valence-corrected chi connectivity index (χ3v) is 8.46. The van der Waals surface area contributed by atoms with Crippen LogP contribution in [0.2, 0.25) is 0 Å². The van der Waals surface area contributed by atoms with Gasteiger partial charge in [-0.05, 0) is 60.4 Å². The van der Waals surface area contributed by atoms with E-state index in [0.717, 1.165) is 39.2 Å². The molecule has 2 heterocycles. The number of benzene rings is 3. The van der Waals surface area contributed by atoms with Crippen molar-refractivity contribution in [3.05, 3.63) is 112 Å². The lowest BCUT2D eigenvalue weighted by Crippen LogP contribution is -2.42. The number of hydrogen-bond donors (Lipinski definition) is 1. The van der Waals surface area contributed by atoms with Crippen LogP contribution in [0, 0.1) is 19.7 Å². The Balaban J connectivity index is 1.64. The number of fused-ring (bicyclic) bond motifs is 1. The van der Waals surface area contributed by atoms with Gasteiger partial charge in [0.2, 0.25) is 11.8 Å². The molecule has 3 aromatic carbocycles. The van der Waals surface area contributed by atoms with Crippen LogP contribution in [-0.4, -0.2) is 33.9 Å². The van der Waals surface area contributed by atoms with Crippen molar-refractivity contribution in [2.45, 2.75) is 51.8 Å². The standard InChI is InChI=1S/C33H35FN4O2S/c1-21-9-8-11-25(17-21)38-32-29(31(36-38)33(3,4)5)30(26-12-7-6-10-22(26)2)41-20-28(40)37(32)19-27(39)35-18-23-13-15-24(34)16-14-23/h6-17,30H,18-20H2,1-5H3,(H,35,39)/t30-/m1/s1. The third-order valence-electron chi connectivity index (χ3n) is 7.22. The summed E-state index contributed by atoms with van der Waals surface area (Å²) in [7, 11) is 0. The second kappa shape index (κ2) is 11.5. The van der Waals surface area contributed by atoms with Gasteiger partial charge in [0.05, 0.1) is 22.4 Å². The van der Waals surface area contributed by atoms with E-state index in [1.165, 1.54) is 12.1 Å². The first-order valence-electron chi connectivity index (χ1n) is 13.7. The molecule has 0 spiro atoms. The lowest BCUT2D eigenvalue weighted by Gasteiger charge is -2.25. The molecule has 41 heavy (non-hydrogen) atoms. The summed E-state index contributed by atoms with van der Waals surface area (Å²) in [5, 5.41) is 7.92. The highest BCUT2D eigenvalue weighted by Crippen LogP contribution is 2.49. The average molecular weight is 571 g/mol. The molecule has 1 aliphatic rings. The van der Waals surface area contributed by atoms with Crippen LogP contribution >= 0.6 is 11.8 Å². The number of amides is 2. The van der Waals surface area contributed by atoms with Crippen molar-refractivity contribution in [1.29, 1.82) is 0 Å². The van der Waals surface area contributed by atoms with Crippen molar-refractivity contribution < 1.29 is 14.0 Å². The van der Waals surface area contributed by atoms with Gasteiger partial charge < -0.3 is 5.32 Å². The Morgan fingerprint density at radius 3 is 2.46 bits per heavy atom. The Hall–Kier alpha value is -3.91. The van der Waals surface area contributed by atoms with Crippen LogP contribution in [0.5, 0.6) is 0 Å². The number of anilines is 1. The lowest BCUT2D eigenvalue weighted by atomic mass is 9.86. The summed E-state index contributed by atoms with van der Waals surface area (Å²) < 4.78 is 15.2. The summed E-state index contributed by atoms with van der Waals surface area (Å²) in [6.07, 6.45) is 0. The zero-order valence-corrected chi connectivity index (χ0v) is 24.9. The fourth-order valence-corrected chi connectivity index (χ4v) is 6.43. The minimum absolute atomic E-state index is 0.143. The van der Waals surface area contributed by atoms with E-state index in [-0.39, 0.29) is 47.1 Å². The van der Waals surface area contributed by atoms with Gasteiger partial charge in [-0.15, -0.1) is 11.8 Å². The molecule has 8 heteroatoms. The zero-order chi connectivity index (χ0) is 29.3. The van der Waals surface area contributed by atoms with Crippen LogP contribution in [0.1, 0.15) is 59.5 Å². The van der Waals surface area contributed by atoms with Gasteiger partial charge in [0, 0.05) is 17.5 Å². The molecule has 5 rings (SSSR count). The maximum Gasteiger partial charge on any atom is 0.240 e. The van der Waals surface area contributed by atoms with Gasteiger partial charge in [-0.1, -0.05) is 69.3 Å². The van der Waals surface area contributed by atoms with Crippen LogP contribution < -0.4 is 10.2 Å². The molecule has 0 saturated carbocycles. The summed E-state index contributed by atoms with van der Waals surface area (Å²) in [6, 6.07) is 22.3. The minimum Gasteiger partial charge on any atom is -0.350 e. The number of carbonyl (C=O) groups excluding carboxylic acids is 2. The van der Waals surface area contributed by atoms with Crippen molar-refractivity contribution in [3.63, 3.8) is 0 Å². The highest BCUT2D eigenvalue weighted by Gasteiger charge is 2.40. The molecule has 1 atom stereocenters. The van der Waals surface area contributed by atoms with Crippen LogP contribution in [0.25, 0.3) is 5.69 Å². The zero-order valence-electron chi connectivity index (χ0n) is 24.1. The van der Waals surface area contributed by atoms with Crippen molar-refractivity contribution in [2.75, 3.05) is 17.2 Å². The molecule has 1 aliphatic heterocycles. The minimum atomic E-state index is -0.331. The molecule has 6 nitrogen and oxygen atoms in total. The van der Waals surface area contributed by atoms with Gasteiger partial charge in [-0.25, -0.2) is 9.07 Å². The van der Waals surface area contributed by atoms with Gasteiger partial charge >= 0.3 is 0 Å². The summed E-state index contributed by atoms with van der Waals surface area (Å²) in [5.41, 5.74) is 6.45. The highest BCUT2D eigenvalue weighted by molar-refractivity contribution is 8.00. The first-order valence-corrected chi connectivity index (χ1v) is 14.8. The van der Waals surface area contributed by atoms with Crippen molar-refractivity contribution in [3.8, 4) is 5.69 Å². The molecule has 2 amide bonds.